The van der Waals surface area contributed by atoms with Crippen LogP contribution in [0.2, 0.25) is 0 Å². The molecule has 0 unspecified atom stereocenters. The minimum absolute atomic E-state index is 0.269. The van der Waals surface area contributed by atoms with Crippen molar-refractivity contribution in [2.45, 2.75) is 0 Å². The van der Waals surface area contributed by atoms with Crippen LogP contribution in [0.3, 0.4) is 0 Å². The van der Waals surface area contributed by atoms with Crippen LogP contribution in [0.15, 0.2) is 60.7 Å². The van der Waals surface area contributed by atoms with Crippen LogP contribution >= 0.6 is 0 Å². The van der Waals surface area contributed by atoms with E-state index in [-0.39, 0.29) is 11.6 Å². The zero-order valence-electron chi connectivity index (χ0n) is 12.9. The summed E-state index contributed by atoms with van der Waals surface area (Å²) in [5, 5.41) is 0. The van der Waals surface area contributed by atoms with E-state index in [1.54, 1.807) is 24.3 Å². The van der Waals surface area contributed by atoms with E-state index in [4.69, 9.17) is 0 Å². The Morgan fingerprint density at radius 1 is 0.696 bits per heavy atom. The van der Waals surface area contributed by atoms with Gasteiger partial charge in [-0.15, -0.1) is 0 Å². The Morgan fingerprint density at radius 2 is 1.22 bits per heavy atom. The molecule has 1 heterocycles. The Kier molecular flexibility index (Phi) is 4.06. The van der Waals surface area contributed by atoms with Crippen LogP contribution in [0.1, 0.15) is 0 Å². The van der Waals surface area contributed by atoms with Crippen molar-refractivity contribution in [2.24, 2.45) is 0 Å². The lowest BCUT2D eigenvalue weighted by Gasteiger charge is -2.15. The molecule has 0 amide bonds. The highest BCUT2D eigenvalue weighted by molar-refractivity contribution is 5.74. The van der Waals surface area contributed by atoms with Gasteiger partial charge in [-0.3, -0.25) is 0 Å². The van der Waals surface area contributed by atoms with E-state index in [1.165, 1.54) is 24.3 Å². The zero-order chi connectivity index (χ0) is 16.4. The monoisotopic (exact) mass is 310 g/mol. The van der Waals surface area contributed by atoms with Gasteiger partial charge in [-0.2, -0.15) is 0 Å². The fraction of sp³-hybridized carbons (Fsp3) is 0.105. The molecule has 0 aliphatic heterocycles. The van der Waals surface area contributed by atoms with Gasteiger partial charge >= 0.3 is 0 Å². The summed E-state index contributed by atoms with van der Waals surface area (Å²) >= 11 is 0. The number of pyridine rings is 1. The zero-order valence-corrected chi connectivity index (χ0v) is 12.9. The molecule has 23 heavy (non-hydrogen) atoms. The summed E-state index contributed by atoms with van der Waals surface area (Å²) in [6.07, 6.45) is 0. The maximum Gasteiger partial charge on any atom is 0.129 e. The average Bonchev–Trinajstić information content (AvgIpc) is 2.55. The fourth-order valence-corrected chi connectivity index (χ4v) is 2.32. The van der Waals surface area contributed by atoms with E-state index >= 15 is 0 Å². The predicted molar refractivity (Wildman–Crippen MR) is 89.4 cm³/mol. The second-order valence-electron chi connectivity index (χ2n) is 5.51. The lowest BCUT2D eigenvalue weighted by atomic mass is 10.0. The van der Waals surface area contributed by atoms with Crippen LogP contribution in [0.4, 0.5) is 14.6 Å². The molecule has 2 aromatic carbocycles. The minimum Gasteiger partial charge on any atom is -0.363 e. The van der Waals surface area contributed by atoms with Gasteiger partial charge in [0.1, 0.15) is 17.5 Å². The van der Waals surface area contributed by atoms with Crippen LogP contribution in [-0.2, 0) is 0 Å². The molecule has 0 spiro atoms. The van der Waals surface area contributed by atoms with E-state index in [9.17, 15) is 8.78 Å². The number of nitrogens with zero attached hydrogens (tertiary/aromatic N) is 2. The molecule has 0 radical (unpaired) electrons. The number of hydrogen-bond donors (Lipinski definition) is 0. The van der Waals surface area contributed by atoms with Crippen molar-refractivity contribution in [3.8, 4) is 22.4 Å². The largest absolute Gasteiger partial charge is 0.363 e. The van der Waals surface area contributed by atoms with E-state index in [0.29, 0.717) is 0 Å². The highest BCUT2D eigenvalue weighted by atomic mass is 19.1. The van der Waals surface area contributed by atoms with E-state index < -0.39 is 0 Å². The van der Waals surface area contributed by atoms with Gasteiger partial charge in [0.2, 0.25) is 0 Å². The molecule has 2 nitrogen and oxygen atoms in total. The SMILES string of the molecule is CN(C)c1cc(-c2ccc(F)cc2)cc(-c2ccc(F)cc2)n1. The Balaban J connectivity index is 2.13. The summed E-state index contributed by atoms with van der Waals surface area (Å²) in [5.74, 6) is 0.233. The van der Waals surface area contributed by atoms with Crippen molar-refractivity contribution in [1.82, 2.24) is 4.98 Å². The first kappa shape index (κ1) is 15.2. The van der Waals surface area contributed by atoms with Crippen molar-refractivity contribution in [3.63, 3.8) is 0 Å². The van der Waals surface area contributed by atoms with Crippen molar-refractivity contribution in [1.29, 1.82) is 0 Å². The quantitative estimate of drug-likeness (QED) is 0.693. The third kappa shape index (κ3) is 3.37. The molecule has 0 aliphatic carbocycles. The van der Waals surface area contributed by atoms with Crippen molar-refractivity contribution < 1.29 is 8.78 Å². The predicted octanol–water partition coefficient (Wildman–Crippen LogP) is 4.76. The lowest BCUT2D eigenvalue weighted by molar-refractivity contribution is 0.627. The number of benzene rings is 2. The maximum atomic E-state index is 13.1. The molecule has 0 saturated heterocycles. The Labute approximate surface area is 134 Å². The number of rotatable bonds is 3. The molecule has 0 N–H and O–H groups in total. The molecule has 0 fully saturated rings. The fourth-order valence-electron chi connectivity index (χ4n) is 2.32. The first-order chi connectivity index (χ1) is 11.0. The van der Waals surface area contributed by atoms with Crippen LogP contribution in [0.5, 0.6) is 0 Å². The summed E-state index contributed by atoms with van der Waals surface area (Å²) in [6, 6.07) is 16.4. The van der Waals surface area contributed by atoms with Crippen LogP contribution in [0.25, 0.3) is 22.4 Å². The Bertz CT molecular complexity index is 746. The molecular weight excluding hydrogens is 294 g/mol. The molecule has 0 saturated carbocycles. The molecule has 0 atom stereocenters. The number of halogens is 2. The normalized spacial score (nSPS) is 10.6. The van der Waals surface area contributed by atoms with E-state index in [1.807, 2.05) is 31.1 Å². The van der Waals surface area contributed by atoms with E-state index in [2.05, 4.69) is 4.98 Å². The molecular formula is C19H16F2N2. The standard InChI is InChI=1S/C19H16F2N2/c1-23(2)19-12-15(13-3-7-16(20)8-4-13)11-18(22-19)14-5-9-17(21)10-6-14/h3-12H,1-2H3. The third-order valence-corrected chi connectivity index (χ3v) is 3.59. The van der Waals surface area contributed by atoms with Crippen molar-refractivity contribution in [3.05, 3.63) is 72.3 Å². The van der Waals surface area contributed by atoms with Gasteiger partial charge in [0.15, 0.2) is 0 Å². The maximum absolute atomic E-state index is 13.1. The molecule has 0 bridgehead atoms. The molecule has 116 valence electrons. The van der Waals surface area contributed by atoms with Gasteiger partial charge in [0.05, 0.1) is 5.69 Å². The Morgan fingerprint density at radius 3 is 1.74 bits per heavy atom. The van der Waals surface area contributed by atoms with Crippen LogP contribution in [0, 0.1) is 11.6 Å². The summed E-state index contributed by atoms with van der Waals surface area (Å²) in [5.41, 5.74) is 3.41. The topological polar surface area (TPSA) is 16.1 Å². The molecule has 0 aliphatic rings. The van der Waals surface area contributed by atoms with Crippen LogP contribution in [-0.4, -0.2) is 19.1 Å². The molecule has 3 rings (SSSR count). The minimum atomic E-state index is -0.281. The van der Waals surface area contributed by atoms with Crippen molar-refractivity contribution >= 4 is 5.82 Å². The average molecular weight is 310 g/mol. The smallest absolute Gasteiger partial charge is 0.129 e. The first-order valence-corrected chi connectivity index (χ1v) is 7.24. The summed E-state index contributed by atoms with van der Waals surface area (Å²) in [6.45, 7) is 0. The molecule has 1 aromatic heterocycles. The number of anilines is 1. The highest BCUT2D eigenvalue weighted by Crippen LogP contribution is 2.29. The summed E-state index contributed by atoms with van der Waals surface area (Å²) < 4.78 is 26.3. The first-order valence-electron chi connectivity index (χ1n) is 7.24. The number of hydrogen-bond acceptors (Lipinski definition) is 2. The van der Waals surface area contributed by atoms with Gasteiger partial charge in [-0.1, -0.05) is 12.1 Å². The lowest BCUT2D eigenvalue weighted by Crippen LogP contribution is -2.11. The molecule has 3 aromatic rings. The van der Waals surface area contributed by atoms with Crippen LogP contribution < -0.4 is 4.90 Å². The van der Waals surface area contributed by atoms with Crippen molar-refractivity contribution in [2.75, 3.05) is 19.0 Å². The van der Waals surface area contributed by atoms with Gasteiger partial charge in [0.25, 0.3) is 0 Å². The second kappa shape index (κ2) is 6.16. The van der Waals surface area contributed by atoms with E-state index in [0.717, 1.165) is 28.2 Å². The Hall–Kier alpha value is -2.75. The summed E-state index contributed by atoms with van der Waals surface area (Å²) in [7, 11) is 3.82. The third-order valence-electron chi connectivity index (χ3n) is 3.59. The van der Waals surface area contributed by atoms with Gasteiger partial charge in [-0.05, 0) is 59.7 Å². The van der Waals surface area contributed by atoms with Gasteiger partial charge < -0.3 is 4.90 Å². The van der Waals surface area contributed by atoms with Gasteiger partial charge in [0, 0.05) is 19.7 Å². The second-order valence-corrected chi connectivity index (χ2v) is 5.51. The highest BCUT2D eigenvalue weighted by Gasteiger charge is 2.09. The molecule has 4 heteroatoms. The summed E-state index contributed by atoms with van der Waals surface area (Å²) in [4.78, 5) is 6.51. The number of aromatic nitrogens is 1. The van der Waals surface area contributed by atoms with Gasteiger partial charge in [-0.25, -0.2) is 13.8 Å².